The maximum absolute atomic E-state index is 12.1. The van der Waals surface area contributed by atoms with Crippen LogP contribution in [0.4, 0.5) is 5.69 Å². The number of rotatable bonds is 5. The van der Waals surface area contributed by atoms with Gasteiger partial charge in [0, 0.05) is 11.3 Å². The first-order valence-corrected chi connectivity index (χ1v) is 6.97. The molecule has 0 saturated heterocycles. The number of nitrogens with two attached hydrogens (primary N) is 1. The van der Waals surface area contributed by atoms with Gasteiger partial charge in [0.1, 0.15) is 5.75 Å². The van der Waals surface area contributed by atoms with Crippen LogP contribution in [0.15, 0.2) is 48.5 Å². The fourth-order valence-electron chi connectivity index (χ4n) is 1.75. The summed E-state index contributed by atoms with van der Waals surface area (Å²) >= 11 is 5.98. The van der Waals surface area contributed by atoms with E-state index in [4.69, 9.17) is 22.1 Å². The normalized spacial score (nSPS) is 11.5. The molecule has 2 aromatic rings. The Kier molecular flexibility index (Phi) is 5.01. The van der Waals surface area contributed by atoms with Crippen LogP contribution in [-0.4, -0.2) is 17.9 Å². The van der Waals surface area contributed by atoms with E-state index in [0.29, 0.717) is 22.0 Å². The van der Waals surface area contributed by atoms with Crippen molar-refractivity contribution in [2.75, 3.05) is 5.32 Å². The van der Waals surface area contributed by atoms with Gasteiger partial charge in [0.25, 0.3) is 5.91 Å². The molecule has 0 aromatic heterocycles. The molecule has 6 heteroatoms. The minimum Gasteiger partial charge on any atom is -0.479 e. The number of para-hydroxylation sites is 1. The highest BCUT2D eigenvalue weighted by Gasteiger charge is 2.16. The molecule has 0 aliphatic carbocycles. The summed E-state index contributed by atoms with van der Waals surface area (Å²) in [6, 6.07) is 13.2. The number of halogens is 1. The summed E-state index contributed by atoms with van der Waals surface area (Å²) in [4.78, 5) is 23.1. The number of benzene rings is 2. The Morgan fingerprint density at radius 1 is 1.14 bits per heavy atom. The van der Waals surface area contributed by atoms with E-state index in [-0.39, 0.29) is 5.91 Å². The SMILES string of the molecule is CC(Oc1ccccc1Cl)C(=O)Nc1ccc(C(N)=O)cc1. The Morgan fingerprint density at radius 3 is 2.36 bits per heavy atom. The standard InChI is InChI=1S/C16H15ClN2O3/c1-10(22-14-5-3-2-4-13(14)17)16(21)19-12-8-6-11(7-9-12)15(18)20/h2-10H,1H3,(H2,18,20)(H,19,21). The molecule has 22 heavy (non-hydrogen) atoms. The van der Waals surface area contributed by atoms with Gasteiger partial charge in [-0.1, -0.05) is 23.7 Å². The van der Waals surface area contributed by atoms with Crippen molar-refractivity contribution in [1.82, 2.24) is 0 Å². The smallest absolute Gasteiger partial charge is 0.265 e. The average Bonchev–Trinajstić information content (AvgIpc) is 2.50. The molecular weight excluding hydrogens is 304 g/mol. The monoisotopic (exact) mass is 318 g/mol. The number of ether oxygens (including phenoxy) is 1. The molecule has 0 spiro atoms. The van der Waals surface area contributed by atoms with Gasteiger partial charge < -0.3 is 15.8 Å². The second kappa shape index (κ2) is 6.95. The largest absolute Gasteiger partial charge is 0.479 e. The number of primary amides is 1. The van der Waals surface area contributed by atoms with Crippen molar-refractivity contribution in [2.45, 2.75) is 13.0 Å². The molecule has 0 fully saturated rings. The van der Waals surface area contributed by atoms with Crippen LogP contribution >= 0.6 is 11.6 Å². The topological polar surface area (TPSA) is 81.4 Å². The summed E-state index contributed by atoms with van der Waals surface area (Å²) in [5, 5.41) is 3.13. The molecule has 0 radical (unpaired) electrons. The van der Waals surface area contributed by atoms with Crippen molar-refractivity contribution in [1.29, 1.82) is 0 Å². The second-order valence-corrected chi connectivity index (χ2v) is 5.03. The van der Waals surface area contributed by atoms with E-state index in [1.165, 1.54) is 12.1 Å². The van der Waals surface area contributed by atoms with Gasteiger partial charge >= 0.3 is 0 Å². The summed E-state index contributed by atoms with van der Waals surface area (Å²) in [6.07, 6.45) is -0.726. The summed E-state index contributed by atoms with van der Waals surface area (Å²) in [6.45, 7) is 1.62. The van der Waals surface area contributed by atoms with Gasteiger partial charge in [0.15, 0.2) is 6.10 Å². The van der Waals surface area contributed by atoms with Crippen molar-refractivity contribution in [3.05, 3.63) is 59.1 Å². The van der Waals surface area contributed by atoms with Crippen LogP contribution < -0.4 is 15.8 Å². The average molecular weight is 319 g/mol. The molecule has 114 valence electrons. The lowest BCUT2D eigenvalue weighted by Gasteiger charge is -2.15. The number of anilines is 1. The number of nitrogens with one attached hydrogen (secondary N) is 1. The molecule has 0 heterocycles. The Bertz CT molecular complexity index is 686. The number of carbonyl (C=O) groups excluding carboxylic acids is 2. The first kappa shape index (κ1) is 15.9. The minimum absolute atomic E-state index is 0.327. The number of amides is 2. The van der Waals surface area contributed by atoms with Crippen LogP contribution in [-0.2, 0) is 4.79 Å². The van der Waals surface area contributed by atoms with Crippen molar-refractivity contribution in [3.63, 3.8) is 0 Å². The van der Waals surface area contributed by atoms with Gasteiger partial charge in [-0.2, -0.15) is 0 Å². The Hall–Kier alpha value is -2.53. The quantitative estimate of drug-likeness (QED) is 0.889. The lowest BCUT2D eigenvalue weighted by Crippen LogP contribution is -2.30. The highest BCUT2D eigenvalue weighted by Crippen LogP contribution is 2.24. The van der Waals surface area contributed by atoms with Gasteiger partial charge in [0.2, 0.25) is 5.91 Å². The number of hydrogen-bond acceptors (Lipinski definition) is 3. The van der Waals surface area contributed by atoms with E-state index in [0.717, 1.165) is 0 Å². The van der Waals surface area contributed by atoms with Crippen LogP contribution in [0.5, 0.6) is 5.75 Å². The van der Waals surface area contributed by atoms with Crippen LogP contribution in [0.3, 0.4) is 0 Å². The summed E-state index contributed by atoms with van der Waals surface area (Å²) in [5.41, 5.74) is 6.07. The van der Waals surface area contributed by atoms with E-state index >= 15 is 0 Å². The van der Waals surface area contributed by atoms with Gasteiger partial charge in [-0.3, -0.25) is 9.59 Å². The second-order valence-electron chi connectivity index (χ2n) is 4.62. The number of hydrogen-bond donors (Lipinski definition) is 2. The van der Waals surface area contributed by atoms with Gasteiger partial charge in [-0.25, -0.2) is 0 Å². The molecule has 3 N–H and O–H groups in total. The van der Waals surface area contributed by atoms with Crippen molar-refractivity contribution in [3.8, 4) is 5.75 Å². The Balaban J connectivity index is 1.99. The van der Waals surface area contributed by atoms with Gasteiger partial charge in [-0.05, 0) is 43.3 Å². The lowest BCUT2D eigenvalue weighted by atomic mass is 10.2. The molecule has 1 unspecified atom stereocenters. The Morgan fingerprint density at radius 2 is 1.77 bits per heavy atom. The van der Waals surface area contributed by atoms with Crippen LogP contribution in [0.25, 0.3) is 0 Å². The predicted molar refractivity (Wildman–Crippen MR) is 85.1 cm³/mol. The molecule has 2 amide bonds. The van der Waals surface area contributed by atoms with Crippen molar-refractivity contribution < 1.29 is 14.3 Å². The van der Waals surface area contributed by atoms with E-state index in [2.05, 4.69) is 5.32 Å². The lowest BCUT2D eigenvalue weighted by molar-refractivity contribution is -0.122. The fourth-order valence-corrected chi connectivity index (χ4v) is 1.93. The van der Waals surface area contributed by atoms with Crippen LogP contribution in [0.1, 0.15) is 17.3 Å². The van der Waals surface area contributed by atoms with E-state index in [1.54, 1.807) is 43.3 Å². The zero-order chi connectivity index (χ0) is 16.1. The summed E-state index contributed by atoms with van der Waals surface area (Å²) < 4.78 is 5.52. The summed E-state index contributed by atoms with van der Waals surface area (Å²) in [7, 11) is 0. The van der Waals surface area contributed by atoms with Crippen molar-refractivity contribution in [2.24, 2.45) is 5.73 Å². The molecule has 2 aromatic carbocycles. The highest BCUT2D eigenvalue weighted by molar-refractivity contribution is 6.32. The van der Waals surface area contributed by atoms with E-state index in [1.807, 2.05) is 0 Å². The zero-order valence-corrected chi connectivity index (χ0v) is 12.6. The summed E-state index contributed by atoms with van der Waals surface area (Å²) in [5.74, 6) is -0.407. The van der Waals surface area contributed by atoms with Gasteiger partial charge in [-0.15, -0.1) is 0 Å². The van der Waals surface area contributed by atoms with E-state index < -0.39 is 12.0 Å². The van der Waals surface area contributed by atoms with E-state index in [9.17, 15) is 9.59 Å². The fraction of sp³-hybridized carbons (Fsp3) is 0.125. The molecule has 2 rings (SSSR count). The zero-order valence-electron chi connectivity index (χ0n) is 11.9. The maximum atomic E-state index is 12.1. The molecule has 0 aliphatic rings. The number of carbonyl (C=O) groups is 2. The molecule has 0 bridgehead atoms. The highest BCUT2D eigenvalue weighted by atomic mass is 35.5. The third-order valence-corrected chi connectivity index (χ3v) is 3.26. The van der Waals surface area contributed by atoms with Crippen molar-refractivity contribution >= 4 is 29.1 Å². The molecule has 0 saturated carbocycles. The Labute approximate surface area is 133 Å². The predicted octanol–water partition coefficient (Wildman–Crippen LogP) is 2.84. The molecular formula is C16H15ClN2O3. The first-order valence-electron chi connectivity index (χ1n) is 6.59. The molecule has 1 atom stereocenters. The van der Waals surface area contributed by atoms with Crippen LogP contribution in [0, 0.1) is 0 Å². The third-order valence-electron chi connectivity index (χ3n) is 2.95. The molecule has 0 aliphatic heterocycles. The maximum Gasteiger partial charge on any atom is 0.265 e. The third kappa shape index (κ3) is 3.99. The van der Waals surface area contributed by atoms with Crippen LogP contribution in [0.2, 0.25) is 5.02 Å². The minimum atomic E-state index is -0.726. The molecule has 5 nitrogen and oxygen atoms in total. The first-order chi connectivity index (χ1) is 10.5. The van der Waals surface area contributed by atoms with Gasteiger partial charge in [0.05, 0.1) is 5.02 Å².